The Balaban J connectivity index is 0. The first kappa shape index (κ1) is 11.6. The predicted octanol–water partition coefficient (Wildman–Crippen LogP) is -4.17. The number of carboxylic acids is 2. The molecule has 0 spiro atoms. The molecule has 0 bridgehead atoms. The number of hydrogen-bond donors (Lipinski definition) is 2. The Morgan fingerprint density at radius 1 is 1.00 bits per heavy atom. The maximum absolute atomic E-state index is 8.93. The van der Waals surface area contributed by atoms with Crippen molar-refractivity contribution in [1.82, 2.24) is 10.9 Å². The van der Waals surface area contributed by atoms with Crippen LogP contribution in [0.25, 0.3) is 0 Å². The molecule has 0 aromatic heterocycles. The van der Waals surface area contributed by atoms with Crippen LogP contribution < -0.4 is 21.1 Å². The second-order valence-electron chi connectivity index (χ2n) is 1.07. The molecule has 0 rings (SSSR count). The summed E-state index contributed by atoms with van der Waals surface area (Å²) in [7, 11) is 3.64. The van der Waals surface area contributed by atoms with Crippen molar-refractivity contribution in [2.75, 3.05) is 14.1 Å². The average molecular weight is 148 g/mol. The lowest BCUT2D eigenvalue weighted by molar-refractivity contribution is -0.345. The van der Waals surface area contributed by atoms with Gasteiger partial charge in [-0.25, -0.2) is 0 Å². The number of rotatable bonds is 1. The van der Waals surface area contributed by atoms with Gasteiger partial charge < -0.3 is 19.8 Å². The molecular weight excluding hydrogens is 140 g/mol. The molecular formula is C4H8N2O4-2. The summed E-state index contributed by atoms with van der Waals surface area (Å²) in [6.45, 7) is 0. The van der Waals surface area contributed by atoms with Crippen LogP contribution in [0.1, 0.15) is 0 Å². The molecule has 0 atom stereocenters. The molecule has 0 heterocycles. The molecule has 0 unspecified atom stereocenters. The molecule has 0 aromatic rings. The summed E-state index contributed by atoms with van der Waals surface area (Å²) in [5.41, 5.74) is 5.36. The van der Waals surface area contributed by atoms with Crippen molar-refractivity contribution in [3.63, 3.8) is 0 Å². The lowest BCUT2D eigenvalue weighted by Crippen LogP contribution is -2.42. The Morgan fingerprint density at radius 3 is 1.20 bits per heavy atom. The fraction of sp³-hybridized carbons (Fsp3) is 0.500. The van der Waals surface area contributed by atoms with Crippen molar-refractivity contribution < 1.29 is 19.8 Å². The van der Waals surface area contributed by atoms with Crippen molar-refractivity contribution in [3.05, 3.63) is 0 Å². The average Bonchev–Trinajstić information content (AvgIpc) is 1.89. The van der Waals surface area contributed by atoms with Crippen LogP contribution >= 0.6 is 0 Å². The zero-order valence-corrected chi connectivity index (χ0v) is 5.63. The first-order valence-electron chi connectivity index (χ1n) is 2.32. The van der Waals surface area contributed by atoms with E-state index in [0.717, 1.165) is 0 Å². The normalized spacial score (nSPS) is 7.40. The maximum Gasteiger partial charge on any atom is 0.0870 e. The van der Waals surface area contributed by atoms with Crippen molar-refractivity contribution >= 4 is 11.9 Å². The topological polar surface area (TPSA) is 104 Å². The molecule has 0 saturated carbocycles. The van der Waals surface area contributed by atoms with Gasteiger partial charge in [0.05, 0.1) is 11.9 Å². The third kappa shape index (κ3) is 15.8. The van der Waals surface area contributed by atoms with Gasteiger partial charge in [-0.1, -0.05) is 0 Å². The van der Waals surface area contributed by atoms with Gasteiger partial charge in [-0.3, -0.25) is 10.9 Å². The van der Waals surface area contributed by atoms with Crippen LogP contribution in [0.15, 0.2) is 0 Å². The van der Waals surface area contributed by atoms with Gasteiger partial charge in [0.25, 0.3) is 0 Å². The summed E-state index contributed by atoms with van der Waals surface area (Å²) < 4.78 is 0. The number of aliphatic carboxylic acids is 2. The van der Waals surface area contributed by atoms with E-state index in [1.807, 2.05) is 14.1 Å². The summed E-state index contributed by atoms with van der Waals surface area (Å²) in [6.07, 6.45) is 0. The standard InChI is InChI=1S/C2H8N2.C2H2O4/c1-3-4-2;3-1(4)2(5)6/h3-4H,1-2H3;(H,3,4)(H,5,6)/p-2. The van der Waals surface area contributed by atoms with Crippen LogP contribution in [0.3, 0.4) is 0 Å². The Labute approximate surface area is 57.8 Å². The van der Waals surface area contributed by atoms with E-state index in [1.54, 1.807) is 0 Å². The van der Waals surface area contributed by atoms with E-state index in [4.69, 9.17) is 19.8 Å². The zero-order valence-electron chi connectivity index (χ0n) is 5.63. The van der Waals surface area contributed by atoms with E-state index >= 15 is 0 Å². The summed E-state index contributed by atoms with van der Waals surface area (Å²) in [4.78, 5) is 17.9. The van der Waals surface area contributed by atoms with E-state index in [0.29, 0.717) is 0 Å². The van der Waals surface area contributed by atoms with Crippen molar-refractivity contribution in [3.8, 4) is 0 Å². The summed E-state index contributed by atoms with van der Waals surface area (Å²) >= 11 is 0. The third-order valence-electron chi connectivity index (χ3n) is 0.417. The highest BCUT2D eigenvalue weighted by Crippen LogP contribution is 1.41. The van der Waals surface area contributed by atoms with Gasteiger partial charge in [0, 0.05) is 0 Å². The molecule has 2 N–H and O–H groups in total. The van der Waals surface area contributed by atoms with Gasteiger partial charge in [0.1, 0.15) is 0 Å². The van der Waals surface area contributed by atoms with Crippen LogP contribution in [0.5, 0.6) is 0 Å². The van der Waals surface area contributed by atoms with Crippen molar-refractivity contribution in [2.24, 2.45) is 0 Å². The molecule has 6 nitrogen and oxygen atoms in total. The molecule has 10 heavy (non-hydrogen) atoms. The van der Waals surface area contributed by atoms with E-state index < -0.39 is 11.9 Å². The van der Waals surface area contributed by atoms with Crippen LogP contribution in [0.2, 0.25) is 0 Å². The fourth-order valence-corrected chi connectivity index (χ4v) is 0. The smallest absolute Gasteiger partial charge is 0.0870 e. The molecule has 0 amide bonds. The Hall–Kier alpha value is -1.14. The van der Waals surface area contributed by atoms with Gasteiger partial charge in [0.2, 0.25) is 0 Å². The second kappa shape index (κ2) is 7.86. The van der Waals surface area contributed by atoms with Gasteiger partial charge in [0.15, 0.2) is 0 Å². The summed E-state index contributed by atoms with van der Waals surface area (Å²) in [5, 5.41) is 17.9. The van der Waals surface area contributed by atoms with Crippen LogP contribution in [-0.4, -0.2) is 26.0 Å². The Bertz CT molecular complexity index is 99.8. The van der Waals surface area contributed by atoms with Crippen molar-refractivity contribution in [2.45, 2.75) is 0 Å². The van der Waals surface area contributed by atoms with Gasteiger partial charge in [-0.2, -0.15) is 0 Å². The largest absolute Gasteiger partial charge is 0.543 e. The van der Waals surface area contributed by atoms with E-state index in [9.17, 15) is 0 Å². The van der Waals surface area contributed by atoms with Gasteiger partial charge in [-0.15, -0.1) is 0 Å². The molecule has 6 heteroatoms. The highest BCUT2D eigenvalue weighted by atomic mass is 16.4. The second-order valence-corrected chi connectivity index (χ2v) is 1.07. The molecule has 0 saturated heterocycles. The number of carboxylic acid groups (broad SMARTS) is 2. The highest BCUT2D eigenvalue weighted by molar-refractivity contribution is 6.25. The number of carbonyl (C=O) groups excluding carboxylic acids is 2. The monoisotopic (exact) mass is 148 g/mol. The van der Waals surface area contributed by atoms with Crippen molar-refractivity contribution in [1.29, 1.82) is 0 Å². The molecule has 0 aliphatic heterocycles. The number of hydrogen-bond acceptors (Lipinski definition) is 6. The minimum atomic E-state index is -2.19. The SMILES string of the molecule is CNNC.O=C([O-])C(=O)[O-]. The first-order valence-corrected chi connectivity index (χ1v) is 2.32. The molecule has 0 aliphatic rings. The number of carbonyl (C=O) groups is 2. The Morgan fingerprint density at radius 2 is 1.20 bits per heavy atom. The lowest BCUT2D eigenvalue weighted by Gasteiger charge is -1.97. The third-order valence-corrected chi connectivity index (χ3v) is 0.417. The van der Waals surface area contributed by atoms with E-state index in [-0.39, 0.29) is 0 Å². The quantitative estimate of drug-likeness (QED) is 0.289. The van der Waals surface area contributed by atoms with E-state index in [2.05, 4.69) is 10.9 Å². The molecule has 0 aliphatic carbocycles. The number of nitrogens with one attached hydrogen (secondary N) is 2. The van der Waals surface area contributed by atoms with Crippen LogP contribution in [0, 0.1) is 0 Å². The molecule has 60 valence electrons. The zero-order chi connectivity index (χ0) is 8.57. The van der Waals surface area contributed by atoms with E-state index in [1.165, 1.54) is 0 Å². The van der Waals surface area contributed by atoms with Crippen LogP contribution in [0.4, 0.5) is 0 Å². The van der Waals surface area contributed by atoms with Gasteiger partial charge in [-0.05, 0) is 14.1 Å². The minimum Gasteiger partial charge on any atom is -0.543 e. The van der Waals surface area contributed by atoms with Gasteiger partial charge >= 0.3 is 0 Å². The predicted molar refractivity (Wildman–Crippen MR) is 28.1 cm³/mol. The highest BCUT2D eigenvalue weighted by Gasteiger charge is 1.74. The summed E-state index contributed by atoms with van der Waals surface area (Å²) in [5.74, 6) is -4.37. The number of hydrazine groups is 1. The molecule has 0 radical (unpaired) electrons. The molecule has 0 fully saturated rings. The fourth-order valence-electron chi connectivity index (χ4n) is 0. The Kier molecular flexibility index (Phi) is 9.14. The molecule has 0 aromatic carbocycles. The summed E-state index contributed by atoms with van der Waals surface area (Å²) in [6, 6.07) is 0. The maximum atomic E-state index is 8.93. The lowest BCUT2D eigenvalue weighted by atomic mass is 10.7. The van der Waals surface area contributed by atoms with Crippen LogP contribution in [-0.2, 0) is 9.59 Å². The minimum absolute atomic E-state index is 1.82. The first-order chi connectivity index (χ1) is 4.56.